The van der Waals surface area contributed by atoms with Gasteiger partial charge in [-0.3, -0.25) is 0 Å². The number of alkyl halides is 1. The van der Waals surface area contributed by atoms with Gasteiger partial charge in [0.25, 0.3) is 0 Å². The molecular weight excluding hydrogens is 174 g/mol. The summed E-state index contributed by atoms with van der Waals surface area (Å²) >= 11 is 5.62. The van der Waals surface area contributed by atoms with Crippen molar-refractivity contribution in [1.29, 1.82) is 0 Å². The number of rotatable bonds is 7. The van der Waals surface area contributed by atoms with Crippen LogP contribution in [0.3, 0.4) is 0 Å². The molecule has 0 aromatic rings. The number of nitrogens with one attached hydrogen (secondary N) is 1. The molecule has 0 saturated heterocycles. The largest absolute Gasteiger partial charge is 0.383 e. The monoisotopic (exact) mass is 193 g/mol. The SMILES string of the molecule is COCC(C)NCC(C)CCCl. The molecule has 74 valence electrons. The Morgan fingerprint density at radius 1 is 1.42 bits per heavy atom. The van der Waals surface area contributed by atoms with Gasteiger partial charge < -0.3 is 10.1 Å². The third-order valence-corrected chi connectivity index (χ3v) is 2.05. The van der Waals surface area contributed by atoms with Gasteiger partial charge in [-0.2, -0.15) is 0 Å². The van der Waals surface area contributed by atoms with E-state index in [9.17, 15) is 0 Å². The molecule has 2 unspecified atom stereocenters. The molecule has 0 aliphatic carbocycles. The van der Waals surface area contributed by atoms with Crippen LogP contribution in [0.15, 0.2) is 0 Å². The van der Waals surface area contributed by atoms with Crippen molar-refractivity contribution in [2.45, 2.75) is 26.3 Å². The van der Waals surface area contributed by atoms with Gasteiger partial charge in [-0.1, -0.05) is 6.92 Å². The summed E-state index contributed by atoms with van der Waals surface area (Å²) in [4.78, 5) is 0. The summed E-state index contributed by atoms with van der Waals surface area (Å²) in [5.41, 5.74) is 0. The van der Waals surface area contributed by atoms with Gasteiger partial charge in [-0.05, 0) is 25.8 Å². The van der Waals surface area contributed by atoms with Crippen LogP contribution < -0.4 is 5.32 Å². The van der Waals surface area contributed by atoms with Crippen LogP contribution >= 0.6 is 11.6 Å². The van der Waals surface area contributed by atoms with Crippen LogP contribution in [0.25, 0.3) is 0 Å². The van der Waals surface area contributed by atoms with E-state index in [4.69, 9.17) is 16.3 Å². The second kappa shape index (κ2) is 7.84. The van der Waals surface area contributed by atoms with E-state index in [-0.39, 0.29) is 0 Å². The smallest absolute Gasteiger partial charge is 0.0613 e. The van der Waals surface area contributed by atoms with Gasteiger partial charge in [0.2, 0.25) is 0 Å². The molecular formula is C9H20ClNO. The summed E-state index contributed by atoms with van der Waals surface area (Å²) in [5.74, 6) is 1.41. The second-order valence-electron chi connectivity index (χ2n) is 3.35. The predicted octanol–water partition coefficient (Wildman–Crippen LogP) is 1.88. The number of hydrogen-bond donors (Lipinski definition) is 1. The molecule has 0 aromatic heterocycles. The van der Waals surface area contributed by atoms with Crippen LogP contribution in [0.2, 0.25) is 0 Å². The maximum Gasteiger partial charge on any atom is 0.0613 e. The number of hydrogen-bond acceptors (Lipinski definition) is 2. The van der Waals surface area contributed by atoms with Gasteiger partial charge in [-0.25, -0.2) is 0 Å². The summed E-state index contributed by atoms with van der Waals surface area (Å²) in [6.07, 6.45) is 1.08. The molecule has 0 saturated carbocycles. The van der Waals surface area contributed by atoms with Crippen LogP contribution in [0.1, 0.15) is 20.3 Å². The highest BCUT2D eigenvalue weighted by Crippen LogP contribution is 2.01. The Morgan fingerprint density at radius 3 is 2.58 bits per heavy atom. The highest BCUT2D eigenvalue weighted by Gasteiger charge is 2.04. The summed E-state index contributed by atoms with van der Waals surface area (Å²) in [5, 5.41) is 3.38. The first-order chi connectivity index (χ1) is 5.70. The van der Waals surface area contributed by atoms with Crippen LogP contribution in [-0.2, 0) is 4.74 Å². The van der Waals surface area contributed by atoms with Crippen molar-refractivity contribution in [3.63, 3.8) is 0 Å². The predicted molar refractivity (Wildman–Crippen MR) is 53.8 cm³/mol. The lowest BCUT2D eigenvalue weighted by atomic mass is 10.1. The molecule has 0 aromatic carbocycles. The summed E-state index contributed by atoms with van der Waals surface area (Å²) in [7, 11) is 1.72. The van der Waals surface area contributed by atoms with Crippen LogP contribution in [0, 0.1) is 5.92 Å². The van der Waals surface area contributed by atoms with Crippen molar-refractivity contribution in [2.75, 3.05) is 26.1 Å². The lowest BCUT2D eigenvalue weighted by molar-refractivity contribution is 0.170. The van der Waals surface area contributed by atoms with Gasteiger partial charge in [-0.15, -0.1) is 11.6 Å². The van der Waals surface area contributed by atoms with E-state index in [0.717, 1.165) is 25.5 Å². The fourth-order valence-corrected chi connectivity index (χ4v) is 1.37. The van der Waals surface area contributed by atoms with Gasteiger partial charge in [0, 0.05) is 19.0 Å². The van der Waals surface area contributed by atoms with Crippen molar-refractivity contribution in [2.24, 2.45) is 5.92 Å². The van der Waals surface area contributed by atoms with Crippen LogP contribution in [-0.4, -0.2) is 32.2 Å². The quantitative estimate of drug-likeness (QED) is 0.624. The molecule has 0 rings (SSSR count). The van der Waals surface area contributed by atoms with Crippen LogP contribution in [0.4, 0.5) is 0 Å². The molecule has 0 heterocycles. The van der Waals surface area contributed by atoms with E-state index in [1.165, 1.54) is 0 Å². The van der Waals surface area contributed by atoms with Gasteiger partial charge in [0.05, 0.1) is 6.61 Å². The molecule has 1 N–H and O–H groups in total. The first-order valence-corrected chi connectivity index (χ1v) is 5.02. The van der Waals surface area contributed by atoms with Crippen molar-refractivity contribution >= 4 is 11.6 Å². The maximum atomic E-state index is 5.62. The molecule has 2 nitrogen and oxygen atoms in total. The van der Waals surface area contributed by atoms with E-state index in [2.05, 4.69) is 19.2 Å². The Kier molecular flexibility index (Phi) is 7.98. The molecule has 0 amide bonds. The van der Waals surface area contributed by atoms with Crippen molar-refractivity contribution in [3.8, 4) is 0 Å². The molecule has 0 aliphatic rings. The van der Waals surface area contributed by atoms with Crippen molar-refractivity contribution in [3.05, 3.63) is 0 Å². The lowest BCUT2D eigenvalue weighted by Crippen LogP contribution is -2.33. The standard InChI is InChI=1S/C9H20ClNO/c1-8(4-5-10)6-11-9(2)7-12-3/h8-9,11H,4-7H2,1-3H3. The molecule has 0 radical (unpaired) electrons. The first kappa shape index (κ1) is 12.2. The minimum absolute atomic E-state index is 0.438. The Bertz CT molecular complexity index is 88.5. The minimum Gasteiger partial charge on any atom is -0.383 e. The number of ether oxygens (including phenoxy) is 1. The molecule has 0 fully saturated rings. The zero-order valence-corrected chi connectivity index (χ0v) is 9.03. The van der Waals surface area contributed by atoms with Crippen molar-refractivity contribution < 1.29 is 4.74 Å². The van der Waals surface area contributed by atoms with E-state index in [1.54, 1.807) is 7.11 Å². The average molecular weight is 194 g/mol. The number of halogens is 1. The summed E-state index contributed by atoms with van der Waals surface area (Å²) in [6.45, 7) is 6.12. The van der Waals surface area contributed by atoms with E-state index < -0.39 is 0 Å². The Labute approximate surface area is 80.6 Å². The van der Waals surface area contributed by atoms with Crippen molar-refractivity contribution in [1.82, 2.24) is 5.32 Å². The third kappa shape index (κ3) is 6.89. The van der Waals surface area contributed by atoms with Gasteiger partial charge in [0.15, 0.2) is 0 Å². The molecule has 3 heteroatoms. The zero-order valence-electron chi connectivity index (χ0n) is 8.27. The summed E-state index contributed by atoms with van der Waals surface area (Å²) in [6, 6.07) is 0.438. The molecule has 0 aliphatic heterocycles. The molecule has 2 atom stereocenters. The lowest BCUT2D eigenvalue weighted by Gasteiger charge is -2.16. The maximum absolute atomic E-state index is 5.62. The Hall–Kier alpha value is 0.210. The van der Waals surface area contributed by atoms with Gasteiger partial charge in [0.1, 0.15) is 0 Å². The zero-order chi connectivity index (χ0) is 9.40. The van der Waals surface area contributed by atoms with Gasteiger partial charge >= 0.3 is 0 Å². The summed E-state index contributed by atoms with van der Waals surface area (Å²) < 4.78 is 5.01. The Balaban J connectivity index is 3.27. The molecule has 0 spiro atoms. The van der Waals surface area contributed by atoms with Crippen LogP contribution in [0.5, 0.6) is 0 Å². The Morgan fingerprint density at radius 2 is 2.08 bits per heavy atom. The average Bonchev–Trinajstić information content (AvgIpc) is 2.02. The molecule has 0 bridgehead atoms. The van der Waals surface area contributed by atoms with E-state index in [0.29, 0.717) is 12.0 Å². The normalized spacial score (nSPS) is 16.0. The third-order valence-electron chi connectivity index (χ3n) is 1.83. The fraction of sp³-hybridized carbons (Fsp3) is 1.00. The minimum atomic E-state index is 0.438. The fourth-order valence-electron chi connectivity index (χ4n) is 1.000. The van der Waals surface area contributed by atoms with E-state index in [1.807, 2.05) is 0 Å². The first-order valence-electron chi connectivity index (χ1n) is 4.49. The molecule has 12 heavy (non-hydrogen) atoms. The number of methoxy groups -OCH3 is 1. The highest BCUT2D eigenvalue weighted by atomic mass is 35.5. The van der Waals surface area contributed by atoms with E-state index >= 15 is 0 Å². The topological polar surface area (TPSA) is 21.3 Å². The second-order valence-corrected chi connectivity index (χ2v) is 3.73. The highest BCUT2D eigenvalue weighted by molar-refractivity contribution is 6.17.